The number of para-hydroxylation sites is 1. The van der Waals surface area contributed by atoms with Crippen LogP contribution in [0.4, 0.5) is 0 Å². The van der Waals surface area contributed by atoms with Crippen LogP contribution in [0, 0.1) is 0 Å². The van der Waals surface area contributed by atoms with Crippen molar-refractivity contribution in [3.05, 3.63) is 65.7 Å². The number of nitrogens with one attached hydrogen (secondary N) is 1. The van der Waals surface area contributed by atoms with Crippen LogP contribution in [-0.2, 0) is 10.4 Å². The van der Waals surface area contributed by atoms with E-state index in [1.54, 1.807) is 6.92 Å². The Morgan fingerprint density at radius 1 is 1.21 bits per heavy atom. The summed E-state index contributed by atoms with van der Waals surface area (Å²) in [6.45, 7) is 2.55. The predicted molar refractivity (Wildman–Crippen MR) is 92.9 cm³/mol. The van der Waals surface area contributed by atoms with Gasteiger partial charge in [0, 0.05) is 6.42 Å². The Bertz CT molecular complexity index is 697. The number of hydrogen-bond acceptors (Lipinski definition) is 3. The van der Waals surface area contributed by atoms with Crippen molar-refractivity contribution in [1.29, 1.82) is 0 Å². The fraction of sp³-hybridized carbons (Fsp3) is 0.350. The normalized spacial score (nSPS) is 18.8. The molecule has 2 unspecified atom stereocenters. The molecule has 24 heavy (non-hydrogen) atoms. The second-order valence-corrected chi connectivity index (χ2v) is 6.49. The smallest absolute Gasteiger partial charge is 0.220 e. The van der Waals surface area contributed by atoms with E-state index in [2.05, 4.69) is 5.32 Å². The molecule has 2 aromatic rings. The zero-order valence-corrected chi connectivity index (χ0v) is 13.9. The molecule has 0 aliphatic carbocycles. The van der Waals surface area contributed by atoms with Crippen LogP contribution in [-0.4, -0.2) is 24.2 Å². The Morgan fingerprint density at radius 2 is 1.92 bits per heavy atom. The molecular weight excluding hydrogens is 302 g/mol. The van der Waals surface area contributed by atoms with E-state index in [1.807, 2.05) is 54.6 Å². The molecule has 0 radical (unpaired) electrons. The summed E-state index contributed by atoms with van der Waals surface area (Å²) in [6, 6.07) is 17.3. The molecule has 3 rings (SSSR count). The van der Waals surface area contributed by atoms with Crippen molar-refractivity contribution in [2.75, 3.05) is 13.2 Å². The van der Waals surface area contributed by atoms with Gasteiger partial charge in [0.25, 0.3) is 0 Å². The maximum absolute atomic E-state index is 12.3. The van der Waals surface area contributed by atoms with Crippen LogP contribution in [0.2, 0.25) is 0 Å². The highest BCUT2D eigenvalue weighted by atomic mass is 16.5. The first-order valence-corrected chi connectivity index (χ1v) is 8.32. The van der Waals surface area contributed by atoms with Gasteiger partial charge in [-0.1, -0.05) is 48.5 Å². The SMILES string of the molecule is CC(O)(CNC(=O)CC1CCOc2ccccc21)c1ccccc1. The molecule has 4 heteroatoms. The molecule has 1 aliphatic rings. The highest BCUT2D eigenvalue weighted by Crippen LogP contribution is 2.35. The van der Waals surface area contributed by atoms with Gasteiger partial charge in [0.1, 0.15) is 11.4 Å². The summed E-state index contributed by atoms with van der Waals surface area (Å²) >= 11 is 0. The summed E-state index contributed by atoms with van der Waals surface area (Å²) in [5, 5.41) is 13.4. The fourth-order valence-corrected chi connectivity index (χ4v) is 3.09. The van der Waals surface area contributed by atoms with Gasteiger partial charge in [-0.05, 0) is 36.5 Å². The first-order chi connectivity index (χ1) is 11.6. The molecule has 0 fully saturated rings. The molecule has 2 atom stereocenters. The standard InChI is InChI=1S/C20H23NO3/c1-20(23,16-7-3-2-4-8-16)14-21-19(22)13-15-11-12-24-18-10-6-5-9-17(15)18/h2-10,15,23H,11-14H2,1H3,(H,21,22). The summed E-state index contributed by atoms with van der Waals surface area (Å²) in [6.07, 6.45) is 1.24. The first kappa shape index (κ1) is 16.5. The number of carbonyl (C=O) groups is 1. The summed E-state index contributed by atoms with van der Waals surface area (Å²) < 4.78 is 5.64. The average molecular weight is 325 g/mol. The van der Waals surface area contributed by atoms with Crippen molar-refractivity contribution in [2.24, 2.45) is 0 Å². The van der Waals surface area contributed by atoms with Crippen molar-refractivity contribution in [1.82, 2.24) is 5.32 Å². The van der Waals surface area contributed by atoms with Crippen LogP contribution in [0.25, 0.3) is 0 Å². The van der Waals surface area contributed by atoms with Gasteiger partial charge in [0.05, 0.1) is 13.2 Å². The third-order valence-corrected chi connectivity index (χ3v) is 4.54. The maximum Gasteiger partial charge on any atom is 0.220 e. The van der Waals surface area contributed by atoms with Crippen LogP contribution in [0.5, 0.6) is 5.75 Å². The largest absolute Gasteiger partial charge is 0.493 e. The van der Waals surface area contributed by atoms with Crippen molar-refractivity contribution in [3.63, 3.8) is 0 Å². The van der Waals surface area contributed by atoms with Crippen molar-refractivity contribution in [2.45, 2.75) is 31.3 Å². The number of fused-ring (bicyclic) bond motifs is 1. The summed E-state index contributed by atoms with van der Waals surface area (Å²) in [5.41, 5.74) is 0.806. The Labute approximate surface area is 142 Å². The highest BCUT2D eigenvalue weighted by molar-refractivity contribution is 5.77. The van der Waals surface area contributed by atoms with Crippen molar-refractivity contribution in [3.8, 4) is 5.75 Å². The van der Waals surface area contributed by atoms with Gasteiger partial charge < -0.3 is 15.2 Å². The Hall–Kier alpha value is -2.33. The lowest BCUT2D eigenvalue weighted by Crippen LogP contribution is -2.39. The monoisotopic (exact) mass is 325 g/mol. The van der Waals surface area contributed by atoms with Gasteiger partial charge in [-0.25, -0.2) is 0 Å². The zero-order chi connectivity index (χ0) is 17.0. The highest BCUT2D eigenvalue weighted by Gasteiger charge is 2.26. The molecule has 1 amide bonds. The lowest BCUT2D eigenvalue weighted by Gasteiger charge is -2.27. The molecule has 0 saturated heterocycles. The molecule has 0 aromatic heterocycles. The molecule has 1 heterocycles. The van der Waals surface area contributed by atoms with E-state index < -0.39 is 5.60 Å². The number of carbonyl (C=O) groups excluding carboxylic acids is 1. The number of hydrogen-bond donors (Lipinski definition) is 2. The van der Waals surface area contributed by atoms with Crippen LogP contribution >= 0.6 is 0 Å². The molecule has 0 bridgehead atoms. The number of ether oxygens (including phenoxy) is 1. The van der Waals surface area contributed by atoms with Gasteiger partial charge in [0.2, 0.25) is 5.91 Å². The van der Waals surface area contributed by atoms with Gasteiger partial charge in [-0.2, -0.15) is 0 Å². The van der Waals surface area contributed by atoms with E-state index in [9.17, 15) is 9.90 Å². The number of benzene rings is 2. The minimum Gasteiger partial charge on any atom is -0.493 e. The molecule has 0 saturated carbocycles. The van der Waals surface area contributed by atoms with Crippen LogP contribution < -0.4 is 10.1 Å². The molecule has 1 aliphatic heterocycles. The number of aliphatic hydroxyl groups is 1. The summed E-state index contributed by atoms with van der Waals surface area (Å²) in [5.74, 6) is 0.988. The topological polar surface area (TPSA) is 58.6 Å². The van der Waals surface area contributed by atoms with E-state index in [4.69, 9.17) is 4.74 Å². The Morgan fingerprint density at radius 3 is 2.71 bits per heavy atom. The van der Waals surface area contributed by atoms with Gasteiger partial charge in [-0.3, -0.25) is 4.79 Å². The lowest BCUT2D eigenvalue weighted by molar-refractivity contribution is -0.122. The van der Waals surface area contributed by atoms with Gasteiger partial charge in [-0.15, -0.1) is 0 Å². The van der Waals surface area contributed by atoms with Crippen molar-refractivity contribution >= 4 is 5.91 Å². The van der Waals surface area contributed by atoms with Crippen LogP contribution in [0.3, 0.4) is 0 Å². The van der Waals surface area contributed by atoms with Crippen LogP contribution in [0.1, 0.15) is 36.8 Å². The fourth-order valence-electron chi connectivity index (χ4n) is 3.09. The predicted octanol–water partition coefficient (Wildman–Crippen LogP) is 2.97. The zero-order valence-electron chi connectivity index (χ0n) is 13.9. The molecular formula is C20H23NO3. The van der Waals surface area contributed by atoms with E-state index in [-0.39, 0.29) is 18.4 Å². The van der Waals surface area contributed by atoms with Gasteiger partial charge in [0.15, 0.2) is 0 Å². The van der Waals surface area contributed by atoms with E-state index in [0.29, 0.717) is 13.0 Å². The van der Waals surface area contributed by atoms with Crippen molar-refractivity contribution < 1.29 is 14.6 Å². The van der Waals surface area contributed by atoms with E-state index in [1.165, 1.54) is 0 Å². The second kappa shape index (κ2) is 7.05. The molecule has 0 spiro atoms. The minimum atomic E-state index is -1.08. The summed E-state index contributed by atoms with van der Waals surface area (Å²) in [4.78, 5) is 12.3. The minimum absolute atomic E-state index is 0.0482. The Balaban J connectivity index is 1.59. The van der Waals surface area contributed by atoms with E-state index >= 15 is 0 Å². The molecule has 4 nitrogen and oxygen atoms in total. The maximum atomic E-state index is 12.3. The number of amides is 1. The average Bonchev–Trinajstić information content (AvgIpc) is 2.61. The third kappa shape index (κ3) is 3.77. The molecule has 126 valence electrons. The van der Waals surface area contributed by atoms with E-state index in [0.717, 1.165) is 23.3 Å². The number of rotatable bonds is 5. The summed E-state index contributed by atoms with van der Waals surface area (Å²) in [7, 11) is 0. The quantitative estimate of drug-likeness (QED) is 0.888. The van der Waals surface area contributed by atoms with Gasteiger partial charge >= 0.3 is 0 Å². The second-order valence-electron chi connectivity index (χ2n) is 6.49. The molecule has 2 aromatic carbocycles. The van der Waals surface area contributed by atoms with Crippen LogP contribution in [0.15, 0.2) is 54.6 Å². The lowest BCUT2D eigenvalue weighted by atomic mass is 9.90. The first-order valence-electron chi connectivity index (χ1n) is 8.32. The third-order valence-electron chi connectivity index (χ3n) is 4.54. The Kier molecular flexibility index (Phi) is 4.86. The molecule has 2 N–H and O–H groups in total.